The van der Waals surface area contributed by atoms with Crippen LogP contribution in [0, 0.1) is 6.92 Å². The SMILES string of the molecule is COC(=O)[C@@H](c1ccc(C)cc1)[C@@H]1CCCCN1. The zero-order valence-electron chi connectivity index (χ0n) is 11.1. The van der Waals surface area contributed by atoms with Gasteiger partial charge in [-0.3, -0.25) is 4.79 Å². The zero-order chi connectivity index (χ0) is 13.0. The summed E-state index contributed by atoms with van der Waals surface area (Å²) in [5, 5.41) is 3.45. The highest BCUT2D eigenvalue weighted by atomic mass is 16.5. The Kier molecular flexibility index (Phi) is 4.37. The van der Waals surface area contributed by atoms with Gasteiger partial charge in [0.2, 0.25) is 0 Å². The van der Waals surface area contributed by atoms with Crippen LogP contribution in [0.5, 0.6) is 0 Å². The first-order chi connectivity index (χ1) is 8.72. The summed E-state index contributed by atoms with van der Waals surface area (Å²) in [7, 11) is 1.46. The van der Waals surface area contributed by atoms with E-state index >= 15 is 0 Å². The zero-order valence-corrected chi connectivity index (χ0v) is 11.1. The van der Waals surface area contributed by atoms with E-state index in [1.165, 1.54) is 25.5 Å². The molecule has 1 fully saturated rings. The van der Waals surface area contributed by atoms with Gasteiger partial charge in [-0.1, -0.05) is 36.2 Å². The van der Waals surface area contributed by atoms with Crippen molar-refractivity contribution in [2.24, 2.45) is 0 Å². The van der Waals surface area contributed by atoms with E-state index in [9.17, 15) is 4.79 Å². The van der Waals surface area contributed by atoms with Gasteiger partial charge in [-0.25, -0.2) is 0 Å². The normalized spacial score (nSPS) is 21.3. The lowest BCUT2D eigenvalue weighted by molar-refractivity contribution is -0.143. The van der Waals surface area contributed by atoms with Gasteiger partial charge >= 0.3 is 5.97 Å². The number of benzene rings is 1. The molecule has 0 saturated carbocycles. The molecule has 98 valence electrons. The fourth-order valence-electron chi connectivity index (χ4n) is 2.60. The number of carbonyl (C=O) groups excluding carboxylic acids is 1. The fraction of sp³-hybridized carbons (Fsp3) is 0.533. The molecule has 1 aromatic carbocycles. The predicted molar refractivity (Wildman–Crippen MR) is 71.6 cm³/mol. The van der Waals surface area contributed by atoms with Gasteiger partial charge in [0.1, 0.15) is 0 Å². The first kappa shape index (κ1) is 13.1. The van der Waals surface area contributed by atoms with Crippen molar-refractivity contribution in [1.29, 1.82) is 0 Å². The number of carbonyl (C=O) groups is 1. The molecule has 1 aliphatic rings. The van der Waals surface area contributed by atoms with Gasteiger partial charge in [-0.2, -0.15) is 0 Å². The Bertz CT molecular complexity index is 393. The quantitative estimate of drug-likeness (QED) is 0.833. The molecule has 1 aliphatic heterocycles. The van der Waals surface area contributed by atoms with E-state index in [1.54, 1.807) is 0 Å². The Morgan fingerprint density at radius 2 is 2.06 bits per heavy atom. The van der Waals surface area contributed by atoms with E-state index in [0.29, 0.717) is 0 Å². The highest BCUT2D eigenvalue weighted by Gasteiger charge is 2.31. The molecule has 1 saturated heterocycles. The van der Waals surface area contributed by atoms with Crippen LogP contribution in [0.3, 0.4) is 0 Å². The summed E-state index contributed by atoms with van der Waals surface area (Å²) in [5.41, 5.74) is 2.26. The predicted octanol–water partition coefficient (Wildman–Crippen LogP) is 2.39. The molecule has 0 bridgehead atoms. The summed E-state index contributed by atoms with van der Waals surface area (Å²) in [6.45, 7) is 3.04. The number of nitrogens with one attached hydrogen (secondary N) is 1. The van der Waals surface area contributed by atoms with E-state index in [-0.39, 0.29) is 17.9 Å². The van der Waals surface area contributed by atoms with Gasteiger partial charge in [0, 0.05) is 6.04 Å². The molecule has 1 heterocycles. The Morgan fingerprint density at radius 1 is 1.33 bits per heavy atom. The number of methoxy groups -OCH3 is 1. The second-order valence-electron chi connectivity index (χ2n) is 4.97. The molecule has 0 amide bonds. The maximum Gasteiger partial charge on any atom is 0.314 e. The van der Waals surface area contributed by atoms with Crippen molar-refractivity contribution in [3.8, 4) is 0 Å². The fourth-order valence-corrected chi connectivity index (χ4v) is 2.60. The van der Waals surface area contributed by atoms with Gasteiger partial charge in [0.25, 0.3) is 0 Å². The molecule has 18 heavy (non-hydrogen) atoms. The van der Waals surface area contributed by atoms with Crippen LogP contribution in [0.4, 0.5) is 0 Å². The highest BCUT2D eigenvalue weighted by Crippen LogP contribution is 2.26. The molecule has 0 aromatic heterocycles. The van der Waals surface area contributed by atoms with Crippen LogP contribution in [0.15, 0.2) is 24.3 Å². The van der Waals surface area contributed by atoms with Gasteiger partial charge < -0.3 is 10.1 Å². The smallest absolute Gasteiger partial charge is 0.314 e. The average Bonchev–Trinajstić information content (AvgIpc) is 2.42. The first-order valence-electron chi connectivity index (χ1n) is 6.60. The molecule has 0 unspecified atom stereocenters. The van der Waals surface area contributed by atoms with E-state index in [0.717, 1.165) is 18.5 Å². The molecule has 3 nitrogen and oxygen atoms in total. The van der Waals surface area contributed by atoms with Gasteiger partial charge in [-0.05, 0) is 31.9 Å². The lowest BCUT2D eigenvalue weighted by Crippen LogP contribution is -2.42. The van der Waals surface area contributed by atoms with Crippen molar-refractivity contribution in [2.45, 2.75) is 38.1 Å². The Morgan fingerprint density at radius 3 is 2.61 bits per heavy atom. The Hall–Kier alpha value is -1.35. The Balaban J connectivity index is 2.23. The number of aryl methyl sites for hydroxylation is 1. The monoisotopic (exact) mass is 247 g/mol. The number of hydrogen-bond acceptors (Lipinski definition) is 3. The molecule has 3 heteroatoms. The van der Waals surface area contributed by atoms with E-state index in [2.05, 4.69) is 12.2 Å². The first-order valence-corrected chi connectivity index (χ1v) is 6.60. The molecule has 1 N–H and O–H groups in total. The van der Waals surface area contributed by atoms with Crippen LogP contribution in [0.25, 0.3) is 0 Å². The van der Waals surface area contributed by atoms with Crippen molar-refractivity contribution in [3.63, 3.8) is 0 Å². The van der Waals surface area contributed by atoms with Crippen LogP contribution in [-0.2, 0) is 9.53 Å². The summed E-state index contributed by atoms with van der Waals surface area (Å²) in [5.74, 6) is -0.325. The average molecular weight is 247 g/mol. The van der Waals surface area contributed by atoms with Crippen molar-refractivity contribution in [3.05, 3.63) is 35.4 Å². The number of rotatable bonds is 3. The topological polar surface area (TPSA) is 38.3 Å². The van der Waals surface area contributed by atoms with E-state index in [4.69, 9.17) is 4.74 Å². The molecule has 1 aromatic rings. The minimum Gasteiger partial charge on any atom is -0.469 e. The van der Waals surface area contributed by atoms with Crippen molar-refractivity contribution in [2.75, 3.05) is 13.7 Å². The number of hydrogen-bond donors (Lipinski definition) is 1. The summed E-state index contributed by atoms with van der Waals surface area (Å²) >= 11 is 0. The van der Waals surface area contributed by atoms with Gasteiger partial charge in [0.15, 0.2) is 0 Å². The standard InChI is InChI=1S/C15H21NO2/c1-11-6-8-12(9-7-11)14(15(17)18-2)13-5-3-4-10-16-13/h6-9,13-14,16H,3-5,10H2,1-2H3/t13-,14-/m0/s1. The third kappa shape index (κ3) is 2.91. The molecule has 0 aliphatic carbocycles. The van der Waals surface area contributed by atoms with Crippen molar-refractivity contribution < 1.29 is 9.53 Å². The largest absolute Gasteiger partial charge is 0.469 e. The summed E-state index contributed by atoms with van der Waals surface area (Å²) < 4.78 is 4.97. The minimum atomic E-state index is -0.184. The second kappa shape index (κ2) is 6.01. The third-order valence-corrected chi connectivity index (χ3v) is 3.64. The summed E-state index contributed by atoms with van der Waals surface area (Å²) in [6, 6.07) is 8.37. The van der Waals surface area contributed by atoms with Gasteiger partial charge in [-0.15, -0.1) is 0 Å². The summed E-state index contributed by atoms with van der Waals surface area (Å²) in [4.78, 5) is 12.0. The third-order valence-electron chi connectivity index (χ3n) is 3.64. The van der Waals surface area contributed by atoms with E-state index < -0.39 is 0 Å². The lowest BCUT2D eigenvalue weighted by atomic mass is 9.86. The summed E-state index contributed by atoms with van der Waals surface area (Å²) in [6.07, 6.45) is 3.41. The molecule has 2 rings (SSSR count). The van der Waals surface area contributed by atoms with Crippen LogP contribution in [-0.4, -0.2) is 25.7 Å². The maximum atomic E-state index is 12.0. The Labute approximate surface area is 109 Å². The lowest BCUT2D eigenvalue weighted by Gasteiger charge is -2.30. The molecule has 2 atom stereocenters. The maximum absolute atomic E-state index is 12.0. The highest BCUT2D eigenvalue weighted by molar-refractivity contribution is 5.79. The number of piperidine rings is 1. The minimum absolute atomic E-state index is 0.141. The molecular formula is C15H21NO2. The molecular weight excluding hydrogens is 226 g/mol. The number of ether oxygens (including phenoxy) is 1. The number of esters is 1. The molecule has 0 spiro atoms. The molecule has 0 radical (unpaired) electrons. The van der Waals surface area contributed by atoms with Crippen molar-refractivity contribution in [1.82, 2.24) is 5.32 Å². The van der Waals surface area contributed by atoms with Crippen LogP contribution in [0.2, 0.25) is 0 Å². The van der Waals surface area contributed by atoms with E-state index in [1.807, 2.05) is 24.3 Å². The van der Waals surface area contributed by atoms with Crippen LogP contribution >= 0.6 is 0 Å². The van der Waals surface area contributed by atoms with Crippen LogP contribution in [0.1, 0.15) is 36.3 Å². The van der Waals surface area contributed by atoms with Crippen molar-refractivity contribution >= 4 is 5.97 Å². The second-order valence-corrected chi connectivity index (χ2v) is 4.97. The van der Waals surface area contributed by atoms with Crippen LogP contribution < -0.4 is 5.32 Å². The van der Waals surface area contributed by atoms with Gasteiger partial charge in [0.05, 0.1) is 13.0 Å².